The lowest BCUT2D eigenvalue weighted by Gasteiger charge is -2.21. The molecule has 1 aromatic heterocycles. The smallest absolute Gasteiger partial charge is 0.235 e. The molecule has 0 aliphatic heterocycles. The summed E-state index contributed by atoms with van der Waals surface area (Å²) in [6.07, 6.45) is 3.59. The van der Waals surface area contributed by atoms with Crippen molar-refractivity contribution >= 4 is 29.8 Å². The highest BCUT2D eigenvalue weighted by molar-refractivity contribution is 8.00. The van der Waals surface area contributed by atoms with Crippen molar-refractivity contribution in [2.45, 2.75) is 24.3 Å². The van der Waals surface area contributed by atoms with Crippen LogP contribution >= 0.6 is 11.8 Å². The third-order valence-corrected chi connectivity index (χ3v) is 4.70. The second-order valence-corrected chi connectivity index (χ2v) is 7.01. The largest absolute Gasteiger partial charge is 0.348 e. The number of benzene rings is 1. The fourth-order valence-corrected chi connectivity index (χ4v) is 3.03. The van der Waals surface area contributed by atoms with Gasteiger partial charge < -0.3 is 4.90 Å². The first-order chi connectivity index (χ1) is 11.4. The van der Waals surface area contributed by atoms with Gasteiger partial charge in [-0.3, -0.25) is 9.89 Å². The van der Waals surface area contributed by atoms with Gasteiger partial charge in [-0.1, -0.05) is 43.8 Å². The van der Waals surface area contributed by atoms with Crippen molar-refractivity contribution < 1.29 is 9.18 Å². The number of carbonyl (C=O) groups is 1. The van der Waals surface area contributed by atoms with Crippen LogP contribution in [0, 0.1) is 11.7 Å². The summed E-state index contributed by atoms with van der Waals surface area (Å²) in [6, 6.07) is 6.17. The minimum Gasteiger partial charge on any atom is -0.348 e. The Morgan fingerprint density at radius 2 is 1.92 bits per heavy atom. The molecule has 0 bridgehead atoms. The highest BCUT2D eigenvalue weighted by atomic mass is 32.2. The number of rotatable bonds is 6. The number of nitrogens with one attached hydrogen (secondary N) is 1. The van der Waals surface area contributed by atoms with Gasteiger partial charge in [0.2, 0.25) is 11.1 Å². The van der Waals surface area contributed by atoms with Crippen LogP contribution in [0.3, 0.4) is 0 Å². The second-order valence-electron chi connectivity index (χ2n) is 5.90. The number of thioether (sulfide) groups is 1. The molecule has 1 unspecified atom stereocenters. The number of hydrogen-bond acceptors (Lipinski definition) is 4. The molecule has 1 N–H and O–H groups in total. The molecule has 1 amide bonds. The summed E-state index contributed by atoms with van der Waals surface area (Å²) in [6.45, 7) is 4.00. The van der Waals surface area contributed by atoms with Gasteiger partial charge in [-0.05, 0) is 29.7 Å². The van der Waals surface area contributed by atoms with Crippen LogP contribution in [0.1, 0.15) is 25.2 Å². The molecular formula is C17H21FN4OS. The number of nitrogens with zero attached hydrogens (tertiary/aromatic N) is 3. The van der Waals surface area contributed by atoms with E-state index in [1.807, 2.05) is 19.9 Å². The van der Waals surface area contributed by atoms with Gasteiger partial charge in [0.05, 0.1) is 5.25 Å². The van der Waals surface area contributed by atoms with Gasteiger partial charge in [0.15, 0.2) is 0 Å². The van der Waals surface area contributed by atoms with Crippen LogP contribution in [-0.2, 0) is 4.79 Å². The maximum atomic E-state index is 12.9. The molecule has 24 heavy (non-hydrogen) atoms. The lowest BCUT2D eigenvalue weighted by molar-refractivity contribution is -0.128. The van der Waals surface area contributed by atoms with Gasteiger partial charge in [-0.2, -0.15) is 0 Å². The van der Waals surface area contributed by atoms with Crippen molar-refractivity contribution in [3.63, 3.8) is 0 Å². The standard InChI is InChI=1S/C17H21FN4OS/c1-11(2)15(16(23)22(3)4)24-17-19-14(20-21-17)10-7-12-5-8-13(18)9-6-12/h5-11,15H,1-4H3,(H,19,20,21)/b10-7+. The summed E-state index contributed by atoms with van der Waals surface area (Å²) in [7, 11) is 3.49. The van der Waals surface area contributed by atoms with Gasteiger partial charge >= 0.3 is 0 Å². The van der Waals surface area contributed by atoms with Gasteiger partial charge in [-0.15, -0.1) is 5.10 Å². The van der Waals surface area contributed by atoms with Crippen molar-refractivity contribution in [3.8, 4) is 0 Å². The molecule has 0 aliphatic carbocycles. The highest BCUT2D eigenvalue weighted by Crippen LogP contribution is 2.26. The van der Waals surface area contributed by atoms with Gasteiger partial charge in [-0.25, -0.2) is 9.37 Å². The average molecular weight is 348 g/mol. The topological polar surface area (TPSA) is 61.9 Å². The van der Waals surface area contributed by atoms with E-state index in [9.17, 15) is 9.18 Å². The van der Waals surface area contributed by atoms with Crippen molar-refractivity contribution in [1.29, 1.82) is 0 Å². The van der Waals surface area contributed by atoms with Crippen molar-refractivity contribution in [3.05, 3.63) is 41.5 Å². The van der Waals surface area contributed by atoms with E-state index in [0.29, 0.717) is 11.0 Å². The van der Waals surface area contributed by atoms with E-state index < -0.39 is 0 Å². The number of hydrogen-bond donors (Lipinski definition) is 1. The van der Waals surface area contributed by atoms with Crippen molar-refractivity contribution in [2.75, 3.05) is 14.1 Å². The summed E-state index contributed by atoms with van der Waals surface area (Å²) >= 11 is 1.35. The third kappa shape index (κ3) is 4.92. The van der Waals surface area contributed by atoms with Crippen molar-refractivity contribution in [2.24, 2.45) is 5.92 Å². The molecule has 0 saturated carbocycles. The molecule has 0 radical (unpaired) electrons. The second kappa shape index (κ2) is 8.10. The zero-order chi connectivity index (χ0) is 17.7. The molecule has 1 aromatic carbocycles. The maximum Gasteiger partial charge on any atom is 0.235 e. The summed E-state index contributed by atoms with van der Waals surface area (Å²) in [4.78, 5) is 18.2. The van der Waals surface area contributed by atoms with Crippen LogP contribution in [0.25, 0.3) is 12.2 Å². The summed E-state index contributed by atoms with van der Waals surface area (Å²) in [5.41, 5.74) is 0.866. The molecule has 0 saturated heterocycles. The first-order valence-electron chi connectivity index (χ1n) is 7.60. The minimum atomic E-state index is -0.268. The Morgan fingerprint density at radius 1 is 1.25 bits per heavy atom. The van der Waals surface area contributed by atoms with E-state index in [2.05, 4.69) is 15.2 Å². The van der Waals surface area contributed by atoms with E-state index >= 15 is 0 Å². The molecule has 0 fully saturated rings. The zero-order valence-electron chi connectivity index (χ0n) is 14.2. The molecule has 128 valence electrons. The molecule has 2 aromatic rings. The van der Waals surface area contributed by atoms with E-state index in [1.165, 1.54) is 23.9 Å². The fourth-order valence-electron chi connectivity index (χ4n) is 1.97. The number of aromatic nitrogens is 3. The normalized spacial score (nSPS) is 12.8. The molecule has 7 heteroatoms. The lowest BCUT2D eigenvalue weighted by atomic mass is 10.1. The lowest BCUT2D eigenvalue weighted by Crippen LogP contribution is -2.34. The Kier molecular flexibility index (Phi) is 6.14. The Bertz CT molecular complexity index is 710. The molecular weight excluding hydrogens is 327 g/mol. The van der Waals surface area contributed by atoms with E-state index in [-0.39, 0.29) is 22.9 Å². The van der Waals surface area contributed by atoms with Crippen LogP contribution < -0.4 is 0 Å². The molecule has 1 atom stereocenters. The van der Waals surface area contributed by atoms with E-state index in [1.54, 1.807) is 37.2 Å². The summed E-state index contributed by atoms with van der Waals surface area (Å²) < 4.78 is 12.9. The number of halogens is 1. The number of H-pyrrole nitrogens is 1. The van der Waals surface area contributed by atoms with E-state index in [0.717, 1.165) is 5.56 Å². The average Bonchev–Trinajstić information content (AvgIpc) is 2.98. The van der Waals surface area contributed by atoms with Crippen LogP contribution in [0.5, 0.6) is 0 Å². The predicted molar refractivity (Wildman–Crippen MR) is 94.9 cm³/mol. The van der Waals surface area contributed by atoms with Gasteiger partial charge in [0.1, 0.15) is 11.6 Å². The fraction of sp³-hybridized carbons (Fsp3) is 0.353. The summed E-state index contributed by atoms with van der Waals surface area (Å²) in [5, 5.41) is 7.28. The minimum absolute atomic E-state index is 0.0446. The molecule has 0 aliphatic rings. The van der Waals surface area contributed by atoms with Crippen LogP contribution in [0.2, 0.25) is 0 Å². The van der Waals surface area contributed by atoms with Crippen LogP contribution in [0.15, 0.2) is 29.4 Å². The molecule has 1 heterocycles. The van der Waals surface area contributed by atoms with E-state index in [4.69, 9.17) is 0 Å². The first-order valence-corrected chi connectivity index (χ1v) is 8.48. The van der Waals surface area contributed by atoms with Gasteiger partial charge in [0, 0.05) is 14.1 Å². The first kappa shape index (κ1) is 18.2. The Hall–Kier alpha value is -2.15. The third-order valence-electron chi connectivity index (χ3n) is 3.31. The monoisotopic (exact) mass is 348 g/mol. The highest BCUT2D eigenvalue weighted by Gasteiger charge is 2.26. The maximum absolute atomic E-state index is 12.9. The van der Waals surface area contributed by atoms with Crippen LogP contribution in [0.4, 0.5) is 4.39 Å². The Morgan fingerprint density at radius 3 is 2.50 bits per heavy atom. The summed E-state index contributed by atoms with van der Waals surface area (Å²) in [5.74, 6) is 0.530. The zero-order valence-corrected chi connectivity index (χ0v) is 15.0. The Balaban J connectivity index is 2.06. The molecule has 0 spiro atoms. The Labute approximate surface area is 145 Å². The number of aromatic amines is 1. The molecule has 5 nitrogen and oxygen atoms in total. The molecule has 2 rings (SSSR count). The quantitative estimate of drug-likeness (QED) is 0.814. The van der Waals surface area contributed by atoms with Crippen LogP contribution in [-0.4, -0.2) is 45.3 Å². The van der Waals surface area contributed by atoms with Gasteiger partial charge in [0.25, 0.3) is 0 Å². The SMILES string of the molecule is CC(C)C(Sc1n[nH]c(/C=C/c2ccc(F)cc2)n1)C(=O)N(C)C. The predicted octanol–water partition coefficient (Wildman–Crippen LogP) is 3.32. The number of carbonyl (C=O) groups excluding carboxylic acids is 1. The van der Waals surface area contributed by atoms with Crippen molar-refractivity contribution in [1.82, 2.24) is 20.1 Å². The number of amides is 1.